The summed E-state index contributed by atoms with van der Waals surface area (Å²) in [6.07, 6.45) is 6.24. The molecule has 0 saturated heterocycles. The maximum Gasteiger partial charge on any atom is 0.129 e. The smallest absolute Gasteiger partial charge is 0.129 e. The molecule has 0 aliphatic heterocycles. The normalized spacial score (nSPS) is 19.9. The van der Waals surface area contributed by atoms with Crippen LogP contribution in [0.5, 0.6) is 0 Å². The van der Waals surface area contributed by atoms with E-state index in [0.717, 1.165) is 31.2 Å². The maximum absolute atomic E-state index is 13.8. The molecule has 0 bridgehead atoms. The van der Waals surface area contributed by atoms with Crippen molar-refractivity contribution in [3.8, 4) is 0 Å². The van der Waals surface area contributed by atoms with Gasteiger partial charge in [0.15, 0.2) is 0 Å². The molecule has 17 heavy (non-hydrogen) atoms. The highest BCUT2D eigenvalue weighted by molar-refractivity contribution is 5.25. The van der Waals surface area contributed by atoms with Crippen molar-refractivity contribution in [3.05, 3.63) is 35.1 Å². The van der Waals surface area contributed by atoms with E-state index in [1.54, 1.807) is 6.07 Å². The van der Waals surface area contributed by atoms with Crippen molar-refractivity contribution >= 4 is 0 Å². The number of aliphatic hydroxyl groups is 1. The number of hydrogen-bond acceptors (Lipinski definition) is 1. The summed E-state index contributed by atoms with van der Waals surface area (Å²) in [7, 11) is 0. The van der Waals surface area contributed by atoms with Gasteiger partial charge in [0, 0.05) is 5.56 Å². The highest BCUT2D eigenvalue weighted by Gasteiger charge is 2.24. The number of aryl methyl sites for hydroxylation is 1. The molecule has 1 saturated carbocycles. The second kappa shape index (κ2) is 5.63. The molecule has 0 amide bonds. The second-order valence-electron chi connectivity index (χ2n) is 5.22. The lowest BCUT2D eigenvalue weighted by molar-refractivity contribution is 0.0952. The van der Waals surface area contributed by atoms with Crippen molar-refractivity contribution < 1.29 is 9.50 Å². The van der Waals surface area contributed by atoms with Crippen LogP contribution in [0.15, 0.2) is 18.2 Å². The van der Waals surface area contributed by atoms with Crippen molar-refractivity contribution in [2.75, 3.05) is 0 Å². The van der Waals surface area contributed by atoms with Gasteiger partial charge in [-0.2, -0.15) is 0 Å². The summed E-state index contributed by atoms with van der Waals surface area (Å²) in [6.45, 7) is 1.87. The van der Waals surface area contributed by atoms with Crippen LogP contribution in [0.1, 0.15) is 55.8 Å². The predicted molar refractivity (Wildman–Crippen MR) is 67.3 cm³/mol. The molecular formula is C15H21FO. The van der Waals surface area contributed by atoms with Crippen LogP contribution in [-0.4, -0.2) is 5.11 Å². The van der Waals surface area contributed by atoms with Crippen molar-refractivity contribution in [2.45, 2.75) is 51.6 Å². The van der Waals surface area contributed by atoms with Gasteiger partial charge in [0.1, 0.15) is 5.82 Å². The van der Waals surface area contributed by atoms with Gasteiger partial charge in [-0.3, -0.25) is 0 Å². The lowest BCUT2D eigenvalue weighted by atomic mass is 9.89. The molecule has 0 radical (unpaired) electrons. The minimum Gasteiger partial charge on any atom is -0.388 e. The van der Waals surface area contributed by atoms with E-state index in [9.17, 15) is 9.50 Å². The minimum absolute atomic E-state index is 0.231. The van der Waals surface area contributed by atoms with Crippen LogP contribution in [0.25, 0.3) is 0 Å². The van der Waals surface area contributed by atoms with Gasteiger partial charge in [-0.05, 0) is 37.3 Å². The molecular weight excluding hydrogens is 215 g/mol. The first-order valence-electron chi connectivity index (χ1n) is 6.62. The molecule has 1 aromatic rings. The lowest BCUT2D eigenvalue weighted by Gasteiger charge is -2.22. The van der Waals surface area contributed by atoms with Crippen LogP contribution >= 0.6 is 0 Å². The lowest BCUT2D eigenvalue weighted by Crippen LogP contribution is -2.13. The Morgan fingerprint density at radius 1 is 1.18 bits per heavy atom. The summed E-state index contributed by atoms with van der Waals surface area (Å²) in [5.74, 6) is -0.0311. The Kier molecular flexibility index (Phi) is 4.16. The van der Waals surface area contributed by atoms with Crippen LogP contribution in [0.2, 0.25) is 0 Å². The molecule has 0 aromatic heterocycles. The summed E-state index contributed by atoms with van der Waals surface area (Å²) in [4.78, 5) is 0. The molecule has 1 aliphatic rings. The third kappa shape index (κ3) is 3.06. The van der Waals surface area contributed by atoms with E-state index in [2.05, 4.69) is 0 Å². The molecule has 2 heteroatoms. The third-order valence-corrected chi connectivity index (χ3v) is 3.82. The highest BCUT2D eigenvalue weighted by Crippen LogP contribution is 2.34. The predicted octanol–water partition coefficient (Wildman–Crippen LogP) is 4.14. The van der Waals surface area contributed by atoms with Gasteiger partial charge in [0.2, 0.25) is 0 Å². The van der Waals surface area contributed by atoms with Crippen LogP contribution in [0.3, 0.4) is 0 Å². The van der Waals surface area contributed by atoms with Crippen LogP contribution < -0.4 is 0 Å². The zero-order valence-corrected chi connectivity index (χ0v) is 10.5. The molecule has 1 N–H and O–H groups in total. The highest BCUT2D eigenvalue weighted by atomic mass is 19.1. The molecule has 1 unspecified atom stereocenters. The number of halogens is 1. The zero-order chi connectivity index (χ0) is 12.3. The Balaban J connectivity index is 2.14. The van der Waals surface area contributed by atoms with Gasteiger partial charge >= 0.3 is 0 Å². The Hall–Kier alpha value is -0.890. The Labute approximate surface area is 103 Å². The van der Waals surface area contributed by atoms with Crippen molar-refractivity contribution in [2.24, 2.45) is 5.92 Å². The van der Waals surface area contributed by atoms with Crippen molar-refractivity contribution in [1.29, 1.82) is 0 Å². The van der Waals surface area contributed by atoms with Crippen LogP contribution in [0, 0.1) is 18.7 Å². The SMILES string of the molecule is Cc1ccc(C(O)C2CCCCCC2)c(F)c1. The zero-order valence-electron chi connectivity index (χ0n) is 10.5. The topological polar surface area (TPSA) is 20.2 Å². The summed E-state index contributed by atoms with van der Waals surface area (Å²) in [6, 6.07) is 5.12. The molecule has 0 spiro atoms. The third-order valence-electron chi connectivity index (χ3n) is 3.82. The van der Waals surface area contributed by atoms with E-state index in [4.69, 9.17) is 0 Å². The first-order chi connectivity index (χ1) is 8.18. The first-order valence-corrected chi connectivity index (χ1v) is 6.62. The number of aliphatic hydroxyl groups excluding tert-OH is 1. The van der Waals surface area contributed by atoms with Gasteiger partial charge < -0.3 is 5.11 Å². The van der Waals surface area contributed by atoms with Crippen LogP contribution in [0.4, 0.5) is 4.39 Å². The Bertz CT molecular complexity index is 367. The Morgan fingerprint density at radius 2 is 1.82 bits per heavy atom. The van der Waals surface area contributed by atoms with E-state index in [1.807, 2.05) is 13.0 Å². The second-order valence-corrected chi connectivity index (χ2v) is 5.22. The van der Waals surface area contributed by atoms with Gasteiger partial charge in [-0.1, -0.05) is 37.8 Å². The van der Waals surface area contributed by atoms with Gasteiger partial charge in [0.25, 0.3) is 0 Å². The fourth-order valence-corrected chi connectivity index (χ4v) is 2.75. The average molecular weight is 236 g/mol. The first kappa shape index (κ1) is 12.6. The summed E-state index contributed by atoms with van der Waals surface area (Å²) >= 11 is 0. The summed E-state index contributed by atoms with van der Waals surface area (Å²) < 4.78 is 13.8. The fourth-order valence-electron chi connectivity index (χ4n) is 2.75. The van der Waals surface area contributed by atoms with E-state index in [-0.39, 0.29) is 11.7 Å². The van der Waals surface area contributed by atoms with Gasteiger partial charge in [0.05, 0.1) is 6.10 Å². The molecule has 94 valence electrons. The molecule has 1 aliphatic carbocycles. The van der Waals surface area contributed by atoms with E-state index in [1.165, 1.54) is 18.9 Å². The van der Waals surface area contributed by atoms with Crippen molar-refractivity contribution in [3.63, 3.8) is 0 Å². The minimum atomic E-state index is -0.631. The van der Waals surface area contributed by atoms with Crippen molar-refractivity contribution in [1.82, 2.24) is 0 Å². The standard InChI is InChI=1S/C15H21FO/c1-11-8-9-13(14(16)10-11)15(17)12-6-4-2-3-5-7-12/h8-10,12,15,17H,2-7H2,1H3. The average Bonchev–Trinajstić information content (AvgIpc) is 2.56. The fraction of sp³-hybridized carbons (Fsp3) is 0.600. The van der Waals surface area contributed by atoms with Gasteiger partial charge in [-0.15, -0.1) is 0 Å². The van der Waals surface area contributed by atoms with Gasteiger partial charge in [-0.25, -0.2) is 4.39 Å². The quantitative estimate of drug-likeness (QED) is 0.765. The number of rotatable bonds is 2. The molecule has 2 rings (SSSR count). The van der Waals surface area contributed by atoms with E-state index < -0.39 is 6.10 Å². The number of hydrogen-bond donors (Lipinski definition) is 1. The molecule has 1 atom stereocenters. The maximum atomic E-state index is 13.8. The summed E-state index contributed by atoms with van der Waals surface area (Å²) in [5, 5.41) is 10.3. The number of benzene rings is 1. The van der Waals surface area contributed by atoms with E-state index in [0.29, 0.717) is 5.56 Å². The summed E-state index contributed by atoms with van der Waals surface area (Å²) in [5.41, 5.74) is 1.38. The molecule has 1 nitrogen and oxygen atoms in total. The van der Waals surface area contributed by atoms with Crippen LogP contribution in [-0.2, 0) is 0 Å². The molecule has 1 aromatic carbocycles. The molecule has 0 heterocycles. The van der Waals surface area contributed by atoms with E-state index >= 15 is 0 Å². The largest absolute Gasteiger partial charge is 0.388 e. The monoisotopic (exact) mass is 236 g/mol. The Morgan fingerprint density at radius 3 is 2.41 bits per heavy atom. The molecule has 1 fully saturated rings.